The molecule has 0 unspecified atom stereocenters. The SMILES string of the molecule is COc1ccc(-c2ccc(-c3cnn4c(N(COCC[Si](C)(C)C)COCC[Si](C)(C)C)cc([C@@H]5C[C@H]6CC[C@@H](C5)N6C(=O)OC(C)(C)C)nc34)cn2)cc1F. The molecule has 5 heterocycles. The Kier molecular flexibility index (Phi) is 12.6. The van der Waals surface area contributed by atoms with Crippen LogP contribution in [0.15, 0.2) is 48.8 Å². The van der Waals surface area contributed by atoms with E-state index in [0.717, 1.165) is 60.4 Å². The van der Waals surface area contributed by atoms with Crippen molar-refractivity contribution >= 4 is 33.7 Å². The maximum atomic E-state index is 14.6. The second-order valence-corrected chi connectivity index (χ2v) is 30.0. The van der Waals surface area contributed by atoms with Crippen LogP contribution in [0, 0.1) is 5.82 Å². The van der Waals surface area contributed by atoms with E-state index in [2.05, 4.69) is 50.2 Å². The zero-order chi connectivity index (χ0) is 40.4. The summed E-state index contributed by atoms with van der Waals surface area (Å²) in [6.07, 6.45) is 6.91. The molecule has 0 saturated carbocycles. The van der Waals surface area contributed by atoms with Gasteiger partial charge in [0.25, 0.3) is 0 Å². The fraction of sp³-hybridized carbons (Fsp3) is 0.571. The highest BCUT2D eigenvalue weighted by Crippen LogP contribution is 2.44. The van der Waals surface area contributed by atoms with Crippen molar-refractivity contribution in [3.63, 3.8) is 0 Å². The number of pyridine rings is 1. The summed E-state index contributed by atoms with van der Waals surface area (Å²) in [5, 5.41) is 4.91. The van der Waals surface area contributed by atoms with E-state index in [4.69, 9.17) is 34.0 Å². The minimum absolute atomic E-state index is 0.0879. The highest BCUT2D eigenvalue weighted by atomic mass is 28.3. The maximum Gasteiger partial charge on any atom is 0.410 e. The number of anilines is 1. The van der Waals surface area contributed by atoms with Gasteiger partial charge in [0, 0.05) is 82.0 Å². The molecule has 0 aliphatic carbocycles. The number of hydrogen-bond donors (Lipinski definition) is 0. The monoisotopic (exact) mass is 804 g/mol. The molecule has 2 bridgehead atoms. The molecular formula is C42H61FN6O5Si2. The number of methoxy groups -OCH3 is 1. The number of fused-ring (bicyclic) bond motifs is 3. The Morgan fingerprint density at radius 1 is 0.893 bits per heavy atom. The van der Waals surface area contributed by atoms with Crippen LogP contribution in [0.2, 0.25) is 51.4 Å². The number of amides is 1. The molecule has 1 amide bonds. The molecule has 56 heavy (non-hydrogen) atoms. The summed E-state index contributed by atoms with van der Waals surface area (Å²) in [4.78, 5) is 27.6. The van der Waals surface area contributed by atoms with Crippen LogP contribution in [0.1, 0.15) is 58.1 Å². The average molecular weight is 805 g/mol. The fourth-order valence-electron chi connectivity index (χ4n) is 7.46. The predicted octanol–water partition coefficient (Wildman–Crippen LogP) is 9.68. The third kappa shape index (κ3) is 10.4. The molecule has 304 valence electrons. The van der Waals surface area contributed by atoms with Crippen molar-refractivity contribution in [3.05, 3.63) is 60.3 Å². The van der Waals surface area contributed by atoms with Gasteiger partial charge in [0.1, 0.15) is 24.9 Å². The van der Waals surface area contributed by atoms with Crippen LogP contribution in [0.4, 0.5) is 15.0 Å². The van der Waals surface area contributed by atoms with Crippen LogP contribution in [-0.2, 0) is 14.2 Å². The van der Waals surface area contributed by atoms with Gasteiger partial charge in [-0.2, -0.15) is 9.61 Å². The number of carbonyl (C=O) groups is 1. The number of ether oxygens (including phenoxy) is 4. The van der Waals surface area contributed by atoms with Gasteiger partial charge in [0.15, 0.2) is 17.2 Å². The van der Waals surface area contributed by atoms with E-state index >= 15 is 0 Å². The standard InChI is InChI=1S/C42H61FN6O5Si2/c1-42(2,3)54-41(50)48-32-13-14-33(48)22-31(21-32)37-24-39(47(27-52-17-19-55(5,6)7)28-53-18-20-56(8,9)10)49-40(46-37)34(26-45-49)30-11-15-36(44-25-30)29-12-16-38(51-4)35(43)23-29/h11-12,15-16,23-26,31-33H,13-14,17-22,27-28H2,1-10H3/t31-,32-,33+. The van der Waals surface area contributed by atoms with E-state index in [1.54, 1.807) is 18.3 Å². The summed E-state index contributed by atoms with van der Waals surface area (Å²) in [7, 11) is -1.15. The second kappa shape index (κ2) is 16.9. The van der Waals surface area contributed by atoms with E-state index < -0.39 is 27.6 Å². The first-order chi connectivity index (χ1) is 26.4. The van der Waals surface area contributed by atoms with Crippen molar-refractivity contribution < 1.29 is 28.1 Å². The highest BCUT2D eigenvalue weighted by molar-refractivity contribution is 6.76. The van der Waals surface area contributed by atoms with Crippen LogP contribution in [0.25, 0.3) is 28.0 Å². The quantitative estimate of drug-likeness (QED) is 0.0660. The molecule has 1 aromatic carbocycles. The summed E-state index contributed by atoms with van der Waals surface area (Å²) < 4.78 is 40.2. The molecule has 0 N–H and O–H groups in total. The van der Waals surface area contributed by atoms with Crippen molar-refractivity contribution in [3.8, 4) is 28.1 Å². The van der Waals surface area contributed by atoms with E-state index in [-0.39, 0.29) is 29.8 Å². The van der Waals surface area contributed by atoms with Crippen molar-refractivity contribution in [1.82, 2.24) is 24.5 Å². The van der Waals surface area contributed by atoms with Gasteiger partial charge >= 0.3 is 6.09 Å². The lowest BCUT2D eigenvalue weighted by molar-refractivity contribution is 0.00568. The molecule has 3 aromatic heterocycles. The van der Waals surface area contributed by atoms with Gasteiger partial charge in [-0.05, 0) is 82.8 Å². The van der Waals surface area contributed by atoms with E-state index in [0.29, 0.717) is 43.6 Å². The first kappa shape index (κ1) is 41.8. The number of halogens is 1. The Bertz CT molecular complexity index is 1940. The molecule has 2 aliphatic rings. The normalized spacial score (nSPS) is 18.8. The molecule has 0 radical (unpaired) electrons. The lowest BCUT2D eigenvalue weighted by atomic mass is 9.88. The molecule has 14 heteroatoms. The largest absolute Gasteiger partial charge is 0.494 e. The third-order valence-corrected chi connectivity index (χ3v) is 14.0. The average Bonchev–Trinajstić information content (AvgIpc) is 3.66. The van der Waals surface area contributed by atoms with E-state index in [1.165, 1.54) is 13.2 Å². The fourth-order valence-corrected chi connectivity index (χ4v) is 8.97. The summed E-state index contributed by atoms with van der Waals surface area (Å²) in [6.45, 7) is 21.9. The minimum atomic E-state index is -1.30. The Morgan fingerprint density at radius 2 is 1.52 bits per heavy atom. The van der Waals surface area contributed by atoms with Crippen LogP contribution >= 0.6 is 0 Å². The lowest BCUT2D eigenvalue weighted by Crippen LogP contribution is -2.48. The van der Waals surface area contributed by atoms with Gasteiger partial charge in [-0.1, -0.05) is 45.3 Å². The number of hydrogen-bond acceptors (Lipinski definition) is 9. The number of nitrogens with zero attached hydrogens (tertiary/aromatic N) is 6. The topological polar surface area (TPSA) is 104 Å². The van der Waals surface area contributed by atoms with Gasteiger partial charge in [0.2, 0.25) is 0 Å². The van der Waals surface area contributed by atoms with Gasteiger partial charge in [0.05, 0.1) is 19.0 Å². The summed E-state index contributed by atoms with van der Waals surface area (Å²) in [5.74, 6) is 0.726. The molecule has 4 aromatic rings. The van der Waals surface area contributed by atoms with Crippen molar-refractivity contribution in [1.29, 1.82) is 0 Å². The molecule has 6 rings (SSSR count). The molecule has 2 saturated heterocycles. The summed E-state index contributed by atoms with van der Waals surface area (Å²) in [5.41, 5.74) is 4.09. The Labute approximate surface area is 333 Å². The second-order valence-electron chi connectivity index (χ2n) is 18.8. The number of carbonyl (C=O) groups excluding carboxylic acids is 1. The van der Waals surface area contributed by atoms with Gasteiger partial charge in [-0.25, -0.2) is 14.2 Å². The maximum absolute atomic E-state index is 14.6. The van der Waals surface area contributed by atoms with Crippen molar-refractivity contribution in [2.75, 3.05) is 38.7 Å². The number of aromatic nitrogens is 4. The van der Waals surface area contributed by atoms with Gasteiger partial charge in [-0.15, -0.1) is 0 Å². The molecule has 3 atom stereocenters. The highest BCUT2D eigenvalue weighted by Gasteiger charge is 2.45. The van der Waals surface area contributed by atoms with Crippen LogP contribution in [0.3, 0.4) is 0 Å². The first-order valence-corrected chi connectivity index (χ1v) is 27.4. The van der Waals surface area contributed by atoms with Gasteiger partial charge in [-0.3, -0.25) is 4.98 Å². The summed E-state index contributed by atoms with van der Waals surface area (Å²) in [6, 6.07) is 13.2. The van der Waals surface area contributed by atoms with Crippen molar-refractivity contribution in [2.24, 2.45) is 0 Å². The van der Waals surface area contributed by atoms with E-state index in [1.807, 2.05) is 48.5 Å². The molecular weight excluding hydrogens is 744 g/mol. The molecule has 0 spiro atoms. The van der Waals surface area contributed by atoms with Crippen LogP contribution in [0.5, 0.6) is 5.75 Å². The van der Waals surface area contributed by atoms with Crippen LogP contribution in [-0.4, -0.2) is 98.2 Å². The Hall–Kier alpha value is -3.86. The zero-order valence-corrected chi connectivity index (χ0v) is 37.0. The predicted molar refractivity (Wildman–Crippen MR) is 225 cm³/mol. The molecule has 2 aliphatic heterocycles. The smallest absolute Gasteiger partial charge is 0.410 e. The Morgan fingerprint density at radius 3 is 2.05 bits per heavy atom. The first-order valence-electron chi connectivity index (χ1n) is 20.0. The number of rotatable bonds is 15. The molecule has 11 nitrogen and oxygen atoms in total. The van der Waals surface area contributed by atoms with E-state index in [9.17, 15) is 9.18 Å². The summed E-state index contributed by atoms with van der Waals surface area (Å²) >= 11 is 0. The Balaban J connectivity index is 1.37. The zero-order valence-electron chi connectivity index (χ0n) is 35.0. The number of benzene rings is 1. The van der Waals surface area contributed by atoms with Crippen LogP contribution < -0.4 is 9.64 Å². The number of piperidine rings is 1. The van der Waals surface area contributed by atoms with Crippen molar-refractivity contribution in [2.45, 2.75) is 121 Å². The minimum Gasteiger partial charge on any atom is -0.494 e. The third-order valence-electron chi connectivity index (χ3n) is 10.6. The molecule has 2 fully saturated rings. The lowest BCUT2D eigenvalue weighted by Gasteiger charge is -2.39. The van der Waals surface area contributed by atoms with Gasteiger partial charge < -0.3 is 28.7 Å².